The van der Waals surface area contributed by atoms with E-state index in [0.717, 1.165) is 37.4 Å². The molecular weight excluding hydrogens is 282 g/mol. The molecule has 21 heavy (non-hydrogen) atoms. The van der Waals surface area contributed by atoms with Crippen LogP contribution in [-0.4, -0.2) is 22.7 Å². The standard InChI is InChI=1S/C16H23N3OS/c1-4-10-17-15(16-12(3)18-19-21-16)13-6-8-14(9-7-13)20-11-5-2/h6-9,15,17H,4-5,10-11H2,1-3H3. The van der Waals surface area contributed by atoms with Crippen LogP contribution >= 0.6 is 11.5 Å². The normalized spacial score (nSPS) is 12.3. The summed E-state index contributed by atoms with van der Waals surface area (Å²) >= 11 is 1.47. The molecule has 0 bridgehead atoms. The van der Waals surface area contributed by atoms with E-state index in [2.05, 4.69) is 40.9 Å². The molecule has 0 fully saturated rings. The van der Waals surface area contributed by atoms with Crippen molar-refractivity contribution in [2.75, 3.05) is 13.2 Å². The predicted octanol–water partition coefficient (Wildman–Crippen LogP) is 3.72. The molecule has 0 radical (unpaired) electrons. The van der Waals surface area contributed by atoms with Crippen LogP contribution in [0.15, 0.2) is 24.3 Å². The van der Waals surface area contributed by atoms with Crippen molar-refractivity contribution in [1.29, 1.82) is 0 Å². The van der Waals surface area contributed by atoms with Gasteiger partial charge in [0.15, 0.2) is 0 Å². The van der Waals surface area contributed by atoms with Gasteiger partial charge in [-0.1, -0.05) is 30.5 Å². The molecule has 0 spiro atoms. The van der Waals surface area contributed by atoms with Gasteiger partial charge in [-0.25, -0.2) is 0 Å². The van der Waals surface area contributed by atoms with Gasteiger partial charge in [-0.05, 0) is 55.5 Å². The third kappa shape index (κ3) is 4.25. The summed E-state index contributed by atoms with van der Waals surface area (Å²) in [6.45, 7) is 8.02. The zero-order valence-corrected chi connectivity index (χ0v) is 13.7. The Balaban J connectivity index is 2.18. The first kappa shape index (κ1) is 15.9. The first-order valence-corrected chi connectivity index (χ1v) is 8.28. The number of aryl methyl sites for hydroxylation is 1. The van der Waals surface area contributed by atoms with Crippen molar-refractivity contribution in [3.8, 4) is 5.75 Å². The van der Waals surface area contributed by atoms with Gasteiger partial charge in [-0.3, -0.25) is 0 Å². The van der Waals surface area contributed by atoms with Crippen LogP contribution in [0.4, 0.5) is 0 Å². The number of nitrogens with zero attached hydrogens (tertiary/aromatic N) is 2. The van der Waals surface area contributed by atoms with Crippen LogP contribution in [0.2, 0.25) is 0 Å². The molecule has 4 nitrogen and oxygen atoms in total. The van der Waals surface area contributed by atoms with Gasteiger partial charge in [-0.15, -0.1) is 5.10 Å². The number of rotatable bonds is 8. The van der Waals surface area contributed by atoms with Crippen molar-refractivity contribution in [3.63, 3.8) is 0 Å². The van der Waals surface area contributed by atoms with E-state index in [1.807, 2.05) is 19.1 Å². The molecule has 1 aromatic heterocycles. The zero-order chi connectivity index (χ0) is 15.1. The van der Waals surface area contributed by atoms with E-state index in [9.17, 15) is 0 Å². The second-order valence-corrected chi connectivity index (χ2v) is 5.81. The highest BCUT2D eigenvalue weighted by atomic mass is 32.1. The molecule has 0 amide bonds. The highest BCUT2D eigenvalue weighted by Crippen LogP contribution is 2.28. The number of hydrogen-bond acceptors (Lipinski definition) is 5. The maximum atomic E-state index is 5.64. The van der Waals surface area contributed by atoms with Crippen molar-refractivity contribution in [2.45, 2.75) is 39.7 Å². The lowest BCUT2D eigenvalue weighted by atomic mass is 10.0. The molecule has 1 N–H and O–H groups in total. The lowest BCUT2D eigenvalue weighted by molar-refractivity contribution is 0.317. The third-order valence-corrected chi connectivity index (χ3v) is 4.12. The Labute approximate surface area is 130 Å². The van der Waals surface area contributed by atoms with Gasteiger partial charge in [0.05, 0.1) is 23.2 Å². The van der Waals surface area contributed by atoms with Crippen LogP contribution in [0.3, 0.4) is 0 Å². The molecule has 1 unspecified atom stereocenters. The Morgan fingerprint density at radius 1 is 1.19 bits per heavy atom. The average molecular weight is 305 g/mol. The summed E-state index contributed by atoms with van der Waals surface area (Å²) < 4.78 is 9.70. The minimum Gasteiger partial charge on any atom is -0.494 e. The van der Waals surface area contributed by atoms with E-state index in [1.54, 1.807) is 0 Å². The summed E-state index contributed by atoms with van der Waals surface area (Å²) in [4.78, 5) is 1.19. The minimum atomic E-state index is 0.158. The fourth-order valence-corrected chi connectivity index (χ4v) is 2.88. The fraction of sp³-hybridized carbons (Fsp3) is 0.500. The molecule has 114 valence electrons. The van der Waals surface area contributed by atoms with Crippen LogP contribution < -0.4 is 10.1 Å². The summed E-state index contributed by atoms with van der Waals surface area (Å²) in [7, 11) is 0. The van der Waals surface area contributed by atoms with Crippen LogP contribution in [0.25, 0.3) is 0 Å². The molecule has 2 aromatic rings. The number of ether oxygens (including phenoxy) is 1. The van der Waals surface area contributed by atoms with Gasteiger partial charge in [-0.2, -0.15) is 0 Å². The summed E-state index contributed by atoms with van der Waals surface area (Å²) in [6, 6.07) is 8.48. The third-order valence-electron chi connectivity index (χ3n) is 3.23. The molecular formula is C16H23N3OS. The number of hydrogen-bond donors (Lipinski definition) is 1. The first-order chi connectivity index (χ1) is 10.3. The number of aromatic nitrogens is 2. The van der Waals surface area contributed by atoms with Crippen molar-refractivity contribution >= 4 is 11.5 Å². The molecule has 0 aliphatic rings. The molecule has 0 aliphatic heterocycles. The van der Waals surface area contributed by atoms with Crippen LogP contribution in [0, 0.1) is 6.92 Å². The van der Waals surface area contributed by atoms with Crippen molar-refractivity contribution in [3.05, 3.63) is 40.4 Å². The van der Waals surface area contributed by atoms with Crippen molar-refractivity contribution in [1.82, 2.24) is 14.9 Å². The van der Waals surface area contributed by atoms with E-state index in [-0.39, 0.29) is 6.04 Å². The number of nitrogens with one attached hydrogen (secondary N) is 1. The lowest BCUT2D eigenvalue weighted by Crippen LogP contribution is -2.23. The highest BCUT2D eigenvalue weighted by Gasteiger charge is 2.18. The van der Waals surface area contributed by atoms with E-state index in [1.165, 1.54) is 22.0 Å². The van der Waals surface area contributed by atoms with E-state index in [0.29, 0.717) is 0 Å². The molecule has 0 saturated heterocycles. The predicted molar refractivity (Wildman–Crippen MR) is 87.0 cm³/mol. The summed E-state index contributed by atoms with van der Waals surface area (Å²) in [5.41, 5.74) is 2.22. The Morgan fingerprint density at radius 3 is 2.52 bits per heavy atom. The van der Waals surface area contributed by atoms with Crippen molar-refractivity contribution in [2.24, 2.45) is 0 Å². The van der Waals surface area contributed by atoms with Gasteiger partial charge >= 0.3 is 0 Å². The van der Waals surface area contributed by atoms with E-state index < -0.39 is 0 Å². The Morgan fingerprint density at radius 2 is 1.95 bits per heavy atom. The van der Waals surface area contributed by atoms with Gasteiger partial charge in [0.25, 0.3) is 0 Å². The molecule has 1 heterocycles. The largest absolute Gasteiger partial charge is 0.494 e. The van der Waals surface area contributed by atoms with Gasteiger partial charge < -0.3 is 10.1 Å². The molecule has 0 saturated carbocycles. The minimum absolute atomic E-state index is 0.158. The maximum absolute atomic E-state index is 5.64. The van der Waals surface area contributed by atoms with Crippen LogP contribution in [0.1, 0.15) is 48.9 Å². The summed E-state index contributed by atoms with van der Waals surface area (Å²) in [5.74, 6) is 0.925. The molecule has 0 aliphatic carbocycles. The molecule has 5 heteroatoms. The van der Waals surface area contributed by atoms with E-state index in [4.69, 9.17) is 4.74 Å². The van der Waals surface area contributed by atoms with Gasteiger partial charge in [0.1, 0.15) is 5.75 Å². The monoisotopic (exact) mass is 305 g/mol. The van der Waals surface area contributed by atoms with E-state index >= 15 is 0 Å². The zero-order valence-electron chi connectivity index (χ0n) is 12.9. The van der Waals surface area contributed by atoms with Crippen LogP contribution in [-0.2, 0) is 0 Å². The Hall–Kier alpha value is -1.46. The smallest absolute Gasteiger partial charge is 0.119 e. The van der Waals surface area contributed by atoms with Crippen molar-refractivity contribution < 1.29 is 4.74 Å². The maximum Gasteiger partial charge on any atom is 0.119 e. The average Bonchev–Trinajstić information content (AvgIpc) is 2.93. The second-order valence-electron chi connectivity index (χ2n) is 5.03. The summed E-state index contributed by atoms with van der Waals surface area (Å²) in [5, 5.41) is 7.71. The summed E-state index contributed by atoms with van der Waals surface area (Å²) in [6.07, 6.45) is 2.12. The Kier molecular flexibility index (Phi) is 6.14. The lowest BCUT2D eigenvalue weighted by Gasteiger charge is -2.18. The number of benzene rings is 1. The van der Waals surface area contributed by atoms with Gasteiger partial charge in [0, 0.05) is 0 Å². The fourth-order valence-electron chi connectivity index (χ4n) is 2.13. The molecule has 1 atom stereocenters. The first-order valence-electron chi connectivity index (χ1n) is 7.51. The van der Waals surface area contributed by atoms with Crippen LogP contribution in [0.5, 0.6) is 5.75 Å². The molecule has 2 rings (SSSR count). The second kappa shape index (κ2) is 8.10. The molecule has 1 aromatic carbocycles. The Bertz CT molecular complexity index is 539. The SMILES string of the molecule is CCCNC(c1ccc(OCCC)cc1)c1snnc1C. The topological polar surface area (TPSA) is 47.0 Å². The quantitative estimate of drug-likeness (QED) is 0.807. The van der Waals surface area contributed by atoms with Gasteiger partial charge in [0.2, 0.25) is 0 Å². The highest BCUT2D eigenvalue weighted by molar-refractivity contribution is 7.05.